The van der Waals surface area contributed by atoms with Gasteiger partial charge >= 0.3 is 6.03 Å². The Bertz CT molecular complexity index is 1030. The van der Waals surface area contributed by atoms with Gasteiger partial charge in [0.1, 0.15) is 5.82 Å². The molecule has 2 aromatic carbocycles. The summed E-state index contributed by atoms with van der Waals surface area (Å²) >= 11 is 3.53. The van der Waals surface area contributed by atoms with Crippen LogP contribution in [-0.2, 0) is 0 Å². The maximum absolute atomic E-state index is 12.6. The number of carbonyl (C=O) groups excluding carboxylic acids is 1. The maximum atomic E-state index is 12.6. The normalized spacial score (nSPS) is 14.4. The summed E-state index contributed by atoms with van der Waals surface area (Å²) in [6.45, 7) is 4.58. The molecule has 7 nitrogen and oxygen atoms in total. The zero-order valence-corrected chi connectivity index (χ0v) is 17.1. The number of hydrogen-bond acceptors (Lipinski definition) is 5. The third-order valence-electron chi connectivity index (χ3n) is 4.81. The van der Waals surface area contributed by atoms with E-state index in [4.69, 9.17) is 5.73 Å². The Kier molecular flexibility index (Phi) is 5.04. The number of amides is 2. The molecule has 1 fully saturated rings. The Balaban J connectivity index is 1.48. The SMILES string of the molecule is Cc1cccc(NC(=O)N2CCN(c3nc(N)nc4c(Br)cccc34)CC2)c1. The summed E-state index contributed by atoms with van der Waals surface area (Å²) in [6, 6.07) is 13.6. The maximum Gasteiger partial charge on any atom is 0.321 e. The standard InChI is InChI=1S/C20H21BrN6O/c1-13-4-2-5-14(12-13)23-20(28)27-10-8-26(9-11-27)18-15-6-3-7-16(21)17(15)24-19(22)25-18/h2-7,12H,8-11H2,1H3,(H,23,28)(H2,22,24,25). The van der Waals surface area contributed by atoms with E-state index in [1.54, 1.807) is 0 Å². The lowest BCUT2D eigenvalue weighted by Gasteiger charge is -2.35. The molecule has 1 aromatic heterocycles. The number of hydrogen-bond donors (Lipinski definition) is 2. The lowest BCUT2D eigenvalue weighted by molar-refractivity contribution is 0.208. The topological polar surface area (TPSA) is 87.4 Å². The van der Waals surface area contributed by atoms with Crippen molar-refractivity contribution in [3.63, 3.8) is 0 Å². The van der Waals surface area contributed by atoms with Crippen LogP contribution in [0.2, 0.25) is 0 Å². The van der Waals surface area contributed by atoms with E-state index in [2.05, 4.69) is 36.1 Å². The van der Waals surface area contributed by atoms with E-state index in [0.29, 0.717) is 26.2 Å². The van der Waals surface area contributed by atoms with Crippen LogP contribution in [0.5, 0.6) is 0 Å². The molecule has 28 heavy (non-hydrogen) atoms. The number of aromatic nitrogens is 2. The number of halogens is 1. The van der Waals surface area contributed by atoms with Crippen molar-refractivity contribution >= 4 is 50.3 Å². The number of rotatable bonds is 2. The number of anilines is 3. The fraction of sp³-hybridized carbons (Fsp3) is 0.250. The highest BCUT2D eigenvalue weighted by Gasteiger charge is 2.24. The molecular formula is C20H21BrN6O. The molecule has 0 spiro atoms. The molecule has 2 amide bonds. The fourth-order valence-corrected chi connectivity index (χ4v) is 3.86. The van der Waals surface area contributed by atoms with Gasteiger partial charge in [-0.25, -0.2) is 9.78 Å². The van der Waals surface area contributed by atoms with E-state index < -0.39 is 0 Å². The highest BCUT2D eigenvalue weighted by Crippen LogP contribution is 2.30. The van der Waals surface area contributed by atoms with Crippen LogP contribution in [0.15, 0.2) is 46.9 Å². The van der Waals surface area contributed by atoms with Crippen molar-refractivity contribution in [2.24, 2.45) is 0 Å². The first kappa shape index (κ1) is 18.5. The predicted octanol–water partition coefficient (Wildman–Crippen LogP) is 3.64. The van der Waals surface area contributed by atoms with Crippen LogP contribution in [0.1, 0.15) is 5.56 Å². The predicted molar refractivity (Wildman–Crippen MR) is 116 cm³/mol. The number of aryl methyl sites for hydroxylation is 1. The highest BCUT2D eigenvalue weighted by molar-refractivity contribution is 9.10. The minimum Gasteiger partial charge on any atom is -0.368 e. The largest absolute Gasteiger partial charge is 0.368 e. The number of urea groups is 1. The summed E-state index contributed by atoms with van der Waals surface area (Å²) in [7, 11) is 0. The second-order valence-corrected chi connectivity index (χ2v) is 7.67. The zero-order chi connectivity index (χ0) is 19.7. The summed E-state index contributed by atoms with van der Waals surface area (Å²) in [4.78, 5) is 25.4. The number of piperazine rings is 1. The third-order valence-corrected chi connectivity index (χ3v) is 5.45. The number of nitrogens with two attached hydrogens (primary N) is 1. The number of nitrogens with one attached hydrogen (secondary N) is 1. The van der Waals surface area contributed by atoms with Gasteiger partial charge in [-0.15, -0.1) is 0 Å². The molecule has 4 rings (SSSR count). The summed E-state index contributed by atoms with van der Waals surface area (Å²) in [6.07, 6.45) is 0. The van der Waals surface area contributed by atoms with Gasteiger partial charge in [-0.2, -0.15) is 4.98 Å². The molecule has 1 aliphatic heterocycles. The Morgan fingerprint density at radius 3 is 2.61 bits per heavy atom. The van der Waals surface area contributed by atoms with Crippen molar-refractivity contribution in [2.45, 2.75) is 6.92 Å². The molecule has 0 radical (unpaired) electrons. The van der Waals surface area contributed by atoms with Gasteiger partial charge < -0.3 is 20.9 Å². The van der Waals surface area contributed by atoms with Gasteiger partial charge in [0.05, 0.1) is 5.52 Å². The highest BCUT2D eigenvalue weighted by atomic mass is 79.9. The molecule has 144 valence electrons. The van der Waals surface area contributed by atoms with Gasteiger partial charge in [0.25, 0.3) is 0 Å². The first-order valence-electron chi connectivity index (χ1n) is 9.10. The van der Waals surface area contributed by atoms with Crippen molar-refractivity contribution in [1.82, 2.24) is 14.9 Å². The molecule has 2 heterocycles. The van der Waals surface area contributed by atoms with Crippen LogP contribution in [0.3, 0.4) is 0 Å². The van der Waals surface area contributed by atoms with Crippen LogP contribution in [0.25, 0.3) is 10.9 Å². The Morgan fingerprint density at radius 1 is 1.11 bits per heavy atom. The molecule has 0 bridgehead atoms. The summed E-state index contributed by atoms with van der Waals surface area (Å²) in [5.74, 6) is 1.05. The van der Waals surface area contributed by atoms with Crippen LogP contribution >= 0.6 is 15.9 Å². The monoisotopic (exact) mass is 440 g/mol. The first-order chi connectivity index (χ1) is 13.5. The Morgan fingerprint density at radius 2 is 1.86 bits per heavy atom. The van der Waals surface area contributed by atoms with Gasteiger partial charge in [0, 0.05) is 41.7 Å². The van der Waals surface area contributed by atoms with Crippen LogP contribution in [0.4, 0.5) is 22.2 Å². The number of carbonyl (C=O) groups is 1. The van der Waals surface area contributed by atoms with Crippen LogP contribution in [-0.4, -0.2) is 47.1 Å². The van der Waals surface area contributed by atoms with Gasteiger partial charge in [0.2, 0.25) is 5.95 Å². The van der Waals surface area contributed by atoms with Gasteiger partial charge in [-0.05, 0) is 52.7 Å². The van der Waals surface area contributed by atoms with Crippen molar-refractivity contribution < 1.29 is 4.79 Å². The number of nitrogen functional groups attached to an aromatic ring is 1. The van der Waals surface area contributed by atoms with E-state index in [0.717, 1.165) is 32.4 Å². The van der Waals surface area contributed by atoms with Crippen LogP contribution < -0.4 is 16.0 Å². The minimum atomic E-state index is -0.0833. The fourth-order valence-electron chi connectivity index (χ4n) is 3.41. The second kappa shape index (κ2) is 7.63. The smallest absolute Gasteiger partial charge is 0.321 e. The molecule has 0 aliphatic carbocycles. The zero-order valence-electron chi connectivity index (χ0n) is 15.5. The molecular weight excluding hydrogens is 420 g/mol. The number of fused-ring (bicyclic) bond motifs is 1. The number of nitrogens with zero attached hydrogens (tertiary/aromatic N) is 4. The first-order valence-corrected chi connectivity index (χ1v) is 9.90. The van der Waals surface area contributed by atoms with E-state index in [1.165, 1.54) is 0 Å². The molecule has 1 aliphatic rings. The van der Waals surface area contributed by atoms with Crippen molar-refractivity contribution in [3.05, 3.63) is 52.5 Å². The van der Waals surface area contributed by atoms with Crippen molar-refractivity contribution in [2.75, 3.05) is 42.1 Å². The average molecular weight is 441 g/mol. The molecule has 3 N–H and O–H groups in total. The van der Waals surface area contributed by atoms with E-state index in [1.807, 2.05) is 54.3 Å². The van der Waals surface area contributed by atoms with E-state index in [-0.39, 0.29) is 12.0 Å². The van der Waals surface area contributed by atoms with Gasteiger partial charge in [0.15, 0.2) is 0 Å². The summed E-state index contributed by atoms with van der Waals surface area (Å²) in [5, 5.41) is 3.92. The molecule has 8 heteroatoms. The molecule has 3 aromatic rings. The molecule has 0 atom stereocenters. The van der Waals surface area contributed by atoms with Crippen molar-refractivity contribution in [3.8, 4) is 0 Å². The quantitative estimate of drug-likeness (QED) is 0.634. The summed E-state index contributed by atoms with van der Waals surface area (Å²) in [5.41, 5.74) is 8.65. The van der Waals surface area contributed by atoms with E-state index >= 15 is 0 Å². The molecule has 0 saturated carbocycles. The van der Waals surface area contributed by atoms with Gasteiger partial charge in [-0.3, -0.25) is 0 Å². The number of benzene rings is 2. The number of para-hydroxylation sites is 1. The molecule has 1 saturated heterocycles. The van der Waals surface area contributed by atoms with Gasteiger partial charge in [-0.1, -0.05) is 18.2 Å². The van der Waals surface area contributed by atoms with Crippen molar-refractivity contribution in [1.29, 1.82) is 0 Å². The molecule has 0 unspecified atom stereocenters. The Labute approximate surface area is 171 Å². The third kappa shape index (κ3) is 3.73. The lowest BCUT2D eigenvalue weighted by atomic mass is 10.2. The average Bonchev–Trinajstić information content (AvgIpc) is 2.68. The minimum absolute atomic E-state index is 0.0833. The van der Waals surface area contributed by atoms with Crippen LogP contribution in [0, 0.1) is 6.92 Å². The Hall–Kier alpha value is -2.87. The van der Waals surface area contributed by atoms with E-state index in [9.17, 15) is 4.79 Å². The second-order valence-electron chi connectivity index (χ2n) is 6.82. The summed E-state index contributed by atoms with van der Waals surface area (Å²) < 4.78 is 0.886. The lowest BCUT2D eigenvalue weighted by Crippen LogP contribution is -2.50.